The number of aromatic amines is 1. The first-order valence-corrected chi connectivity index (χ1v) is 10.0. The first-order chi connectivity index (χ1) is 14.4. The summed E-state index contributed by atoms with van der Waals surface area (Å²) in [7, 11) is 0. The second kappa shape index (κ2) is 10.2. The predicted molar refractivity (Wildman–Crippen MR) is 112 cm³/mol. The van der Waals surface area contributed by atoms with Gasteiger partial charge in [-0.25, -0.2) is 4.98 Å². The zero-order valence-electron chi connectivity index (χ0n) is 16.7. The Kier molecular flexibility index (Phi) is 7.42. The number of rotatable bonds is 6. The van der Waals surface area contributed by atoms with Crippen LogP contribution in [-0.2, 0) is 27.2 Å². The highest BCUT2D eigenvalue weighted by atomic mass is 35.5. The summed E-state index contributed by atoms with van der Waals surface area (Å²) in [6.07, 6.45) is 0.378. The van der Waals surface area contributed by atoms with Crippen LogP contribution in [0.5, 0.6) is 0 Å². The number of nitrogens with one attached hydrogen (secondary N) is 3. The van der Waals surface area contributed by atoms with Crippen molar-refractivity contribution in [3.63, 3.8) is 0 Å². The topological polar surface area (TPSA) is 116 Å². The molecule has 1 aliphatic heterocycles. The third kappa shape index (κ3) is 6.04. The van der Waals surface area contributed by atoms with Gasteiger partial charge in [-0.1, -0.05) is 23.7 Å². The lowest BCUT2D eigenvalue weighted by Crippen LogP contribution is -2.42. The lowest BCUT2D eigenvalue weighted by Gasteiger charge is -2.27. The number of ether oxygens (including phenoxy) is 1. The second-order valence-corrected chi connectivity index (χ2v) is 7.39. The van der Waals surface area contributed by atoms with Crippen LogP contribution in [0.25, 0.3) is 0 Å². The molecule has 1 saturated heterocycles. The van der Waals surface area contributed by atoms with Crippen LogP contribution in [0.2, 0.25) is 5.02 Å². The Hall–Kier alpha value is -2.91. The number of amides is 2. The van der Waals surface area contributed by atoms with E-state index in [4.69, 9.17) is 16.3 Å². The molecule has 0 atom stereocenters. The lowest BCUT2D eigenvalue weighted by molar-refractivity contribution is -0.128. The van der Waals surface area contributed by atoms with E-state index < -0.39 is 5.91 Å². The standard InChI is InChI=1S/C20H24ClN5O4/c1-13-16(19(29)23-20(22-13)26-8-10-30-11-9-26)6-7-17(27)24-25-18(28)12-14-2-4-15(21)5-3-14/h2-5H,6-12H2,1H3,(H,24,27)(H,25,28)(H,22,23,29). The first-order valence-electron chi connectivity index (χ1n) is 9.67. The molecule has 160 valence electrons. The summed E-state index contributed by atoms with van der Waals surface area (Å²) in [6.45, 7) is 4.27. The van der Waals surface area contributed by atoms with Gasteiger partial charge < -0.3 is 9.64 Å². The molecular formula is C20H24ClN5O4. The number of halogens is 1. The quantitative estimate of drug-likeness (QED) is 0.582. The number of carbonyl (C=O) groups excluding carboxylic acids is 2. The number of anilines is 1. The van der Waals surface area contributed by atoms with Crippen molar-refractivity contribution in [1.29, 1.82) is 0 Å². The maximum Gasteiger partial charge on any atom is 0.255 e. The van der Waals surface area contributed by atoms with Crippen LogP contribution >= 0.6 is 11.6 Å². The number of aryl methyl sites for hydroxylation is 1. The predicted octanol–water partition coefficient (Wildman–Crippen LogP) is 0.891. The van der Waals surface area contributed by atoms with E-state index in [0.29, 0.717) is 48.5 Å². The molecule has 1 aromatic carbocycles. The summed E-state index contributed by atoms with van der Waals surface area (Å²) in [4.78, 5) is 45.7. The van der Waals surface area contributed by atoms with Gasteiger partial charge in [0.15, 0.2) is 0 Å². The number of morpholine rings is 1. The number of benzene rings is 1. The molecule has 9 nitrogen and oxygen atoms in total. The van der Waals surface area contributed by atoms with Gasteiger partial charge in [0.25, 0.3) is 5.56 Å². The third-order valence-corrected chi connectivity index (χ3v) is 4.99. The summed E-state index contributed by atoms with van der Waals surface area (Å²) in [5.41, 5.74) is 6.29. The smallest absolute Gasteiger partial charge is 0.255 e. The molecule has 1 fully saturated rings. The maximum atomic E-state index is 12.4. The van der Waals surface area contributed by atoms with E-state index in [1.807, 2.05) is 4.90 Å². The molecule has 0 bridgehead atoms. The Balaban J connectivity index is 1.48. The largest absolute Gasteiger partial charge is 0.378 e. The van der Waals surface area contributed by atoms with E-state index in [9.17, 15) is 14.4 Å². The first kappa shape index (κ1) is 21.8. The molecule has 0 unspecified atom stereocenters. The Morgan fingerprint density at radius 1 is 1.17 bits per heavy atom. The van der Waals surface area contributed by atoms with E-state index in [1.165, 1.54) is 0 Å². The number of hydrogen-bond acceptors (Lipinski definition) is 6. The van der Waals surface area contributed by atoms with Crippen LogP contribution in [0, 0.1) is 6.92 Å². The number of nitrogens with zero attached hydrogens (tertiary/aromatic N) is 2. The van der Waals surface area contributed by atoms with Gasteiger partial charge in [0, 0.05) is 35.8 Å². The molecule has 1 aromatic heterocycles. The minimum absolute atomic E-state index is 0.0454. The number of carbonyl (C=O) groups is 2. The second-order valence-electron chi connectivity index (χ2n) is 6.95. The van der Waals surface area contributed by atoms with Crippen molar-refractivity contribution >= 4 is 29.4 Å². The van der Waals surface area contributed by atoms with Crippen molar-refractivity contribution < 1.29 is 14.3 Å². The van der Waals surface area contributed by atoms with Crippen molar-refractivity contribution in [2.75, 3.05) is 31.2 Å². The molecule has 0 spiro atoms. The molecule has 0 radical (unpaired) electrons. The summed E-state index contributed by atoms with van der Waals surface area (Å²) >= 11 is 5.81. The van der Waals surface area contributed by atoms with E-state index in [0.717, 1.165) is 5.56 Å². The van der Waals surface area contributed by atoms with Gasteiger partial charge in [-0.05, 0) is 31.0 Å². The van der Waals surface area contributed by atoms with Crippen molar-refractivity contribution in [1.82, 2.24) is 20.8 Å². The van der Waals surface area contributed by atoms with Gasteiger partial charge in [-0.3, -0.25) is 30.2 Å². The van der Waals surface area contributed by atoms with Gasteiger partial charge in [-0.2, -0.15) is 0 Å². The summed E-state index contributed by atoms with van der Waals surface area (Å²) in [5, 5.41) is 0.588. The Bertz CT molecular complexity index is 955. The van der Waals surface area contributed by atoms with Crippen LogP contribution in [0.15, 0.2) is 29.1 Å². The Morgan fingerprint density at radius 2 is 1.83 bits per heavy atom. The molecular weight excluding hydrogens is 410 g/mol. The molecule has 2 heterocycles. The van der Waals surface area contributed by atoms with Gasteiger partial charge in [-0.15, -0.1) is 0 Å². The molecule has 10 heteroatoms. The number of hydrogen-bond donors (Lipinski definition) is 3. The van der Waals surface area contributed by atoms with Crippen molar-refractivity contribution in [2.24, 2.45) is 0 Å². The highest BCUT2D eigenvalue weighted by molar-refractivity contribution is 6.30. The van der Waals surface area contributed by atoms with Crippen LogP contribution in [0.1, 0.15) is 23.2 Å². The molecule has 3 rings (SSSR count). The van der Waals surface area contributed by atoms with Gasteiger partial charge in [0.1, 0.15) is 0 Å². The molecule has 2 aromatic rings. The summed E-state index contributed by atoms with van der Waals surface area (Å²) < 4.78 is 5.31. The molecule has 30 heavy (non-hydrogen) atoms. The Morgan fingerprint density at radius 3 is 2.50 bits per heavy atom. The van der Waals surface area contributed by atoms with Crippen molar-refractivity contribution in [2.45, 2.75) is 26.2 Å². The van der Waals surface area contributed by atoms with Crippen LogP contribution in [0.4, 0.5) is 5.95 Å². The average molecular weight is 434 g/mol. The number of aromatic nitrogens is 2. The van der Waals surface area contributed by atoms with Gasteiger partial charge in [0.2, 0.25) is 17.8 Å². The van der Waals surface area contributed by atoms with Crippen LogP contribution in [0.3, 0.4) is 0 Å². The minimum Gasteiger partial charge on any atom is -0.378 e. The van der Waals surface area contributed by atoms with E-state index in [2.05, 4.69) is 20.8 Å². The average Bonchev–Trinajstić information content (AvgIpc) is 2.74. The fourth-order valence-corrected chi connectivity index (χ4v) is 3.21. The summed E-state index contributed by atoms with van der Waals surface area (Å²) in [5.74, 6) is -0.227. The van der Waals surface area contributed by atoms with Gasteiger partial charge >= 0.3 is 0 Å². The zero-order valence-corrected chi connectivity index (χ0v) is 17.4. The highest BCUT2D eigenvalue weighted by Crippen LogP contribution is 2.11. The number of hydrazine groups is 1. The van der Waals surface area contributed by atoms with E-state index in [-0.39, 0.29) is 30.7 Å². The molecule has 3 N–H and O–H groups in total. The van der Waals surface area contributed by atoms with Gasteiger partial charge in [0.05, 0.1) is 19.6 Å². The Labute approximate surface area is 178 Å². The fourth-order valence-electron chi connectivity index (χ4n) is 3.09. The van der Waals surface area contributed by atoms with E-state index in [1.54, 1.807) is 31.2 Å². The zero-order chi connectivity index (χ0) is 21.5. The lowest BCUT2D eigenvalue weighted by atomic mass is 10.1. The fraction of sp³-hybridized carbons (Fsp3) is 0.400. The normalized spacial score (nSPS) is 13.7. The molecule has 0 aliphatic carbocycles. The molecule has 0 saturated carbocycles. The number of H-pyrrole nitrogens is 1. The van der Waals surface area contributed by atoms with Crippen molar-refractivity contribution in [3.05, 3.63) is 56.5 Å². The SMILES string of the molecule is Cc1nc(N2CCOCC2)[nH]c(=O)c1CCC(=O)NNC(=O)Cc1ccc(Cl)cc1. The minimum atomic E-state index is -0.393. The van der Waals surface area contributed by atoms with Crippen LogP contribution in [-0.4, -0.2) is 48.1 Å². The highest BCUT2D eigenvalue weighted by Gasteiger charge is 2.17. The molecule has 2 amide bonds. The van der Waals surface area contributed by atoms with Crippen LogP contribution < -0.4 is 21.3 Å². The summed E-state index contributed by atoms with van der Waals surface area (Å²) in [6, 6.07) is 6.88. The monoisotopic (exact) mass is 433 g/mol. The third-order valence-electron chi connectivity index (χ3n) is 4.74. The molecule has 1 aliphatic rings. The van der Waals surface area contributed by atoms with E-state index >= 15 is 0 Å². The maximum absolute atomic E-state index is 12.4. The van der Waals surface area contributed by atoms with Crippen molar-refractivity contribution in [3.8, 4) is 0 Å².